The lowest BCUT2D eigenvalue weighted by atomic mass is 9.91. The predicted molar refractivity (Wildman–Crippen MR) is 82.5 cm³/mol. The van der Waals surface area contributed by atoms with Gasteiger partial charge in [0.2, 0.25) is 0 Å². The van der Waals surface area contributed by atoms with Crippen molar-refractivity contribution in [2.45, 2.75) is 25.3 Å². The molecule has 2 heterocycles. The van der Waals surface area contributed by atoms with Crippen LogP contribution in [0.4, 0.5) is 11.4 Å². The van der Waals surface area contributed by atoms with Crippen molar-refractivity contribution in [3.8, 4) is 0 Å². The number of hydrogen-bond acceptors (Lipinski definition) is 4. The van der Waals surface area contributed by atoms with E-state index in [1.165, 1.54) is 5.57 Å². The fourth-order valence-electron chi connectivity index (χ4n) is 4.30. The van der Waals surface area contributed by atoms with Crippen LogP contribution in [-0.4, -0.2) is 36.0 Å². The van der Waals surface area contributed by atoms with Crippen LogP contribution in [0.15, 0.2) is 17.7 Å². The van der Waals surface area contributed by atoms with Gasteiger partial charge in [-0.25, -0.2) is 0 Å². The minimum Gasteiger partial charge on any atom is -0.384 e. The Morgan fingerprint density at radius 3 is 3.00 bits per heavy atom. The van der Waals surface area contributed by atoms with Crippen LogP contribution in [-0.2, 0) is 0 Å². The van der Waals surface area contributed by atoms with Crippen molar-refractivity contribution < 1.29 is 4.92 Å². The Morgan fingerprint density at radius 2 is 2.24 bits per heavy atom. The molecular formula is C16H19N3O2. The first-order valence-electron chi connectivity index (χ1n) is 7.53. The van der Waals surface area contributed by atoms with Crippen molar-refractivity contribution >= 4 is 17.5 Å². The molecule has 1 saturated heterocycles. The summed E-state index contributed by atoms with van der Waals surface area (Å²) in [5.41, 5.74) is 4.69. The summed E-state index contributed by atoms with van der Waals surface area (Å²) in [5.74, 6) is 0.851. The minimum atomic E-state index is -0.244. The molecule has 0 amide bonds. The van der Waals surface area contributed by atoms with Gasteiger partial charge in [-0.3, -0.25) is 15.0 Å². The molecule has 0 unspecified atom stereocenters. The summed E-state index contributed by atoms with van der Waals surface area (Å²) in [6.07, 6.45) is 3.17. The van der Waals surface area contributed by atoms with E-state index >= 15 is 0 Å². The van der Waals surface area contributed by atoms with E-state index in [9.17, 15) is 10.1 Å². The number of nitrogens with one attached hydrogen (secondary N) is 1. The topological polar surface area (TPSA) is 58.4 Å². The summed E-state index contributed by atoms with van der Waals surface area (Å²) in [6, 6.07) is 3.93. The number of likely N-dealkylation sites (tertiary alicyclic amines) is 1. The molecule has 0 spiro atoms. The molecule has 1 fully saturated rings. The number of hydrogen-bond donors (Lipinski definition) is 1. The van der Waals surface area contributed by atoms with Gasteiger partial charge in [-0.15, -0.1) is 0 Å². The van der Waals surface area contributed by atoms with E-state index in [1.807, 2.05) is 6.07 Å². The van der Waals surface area contributed by atoms with E-state index in [1.54, 1.807) is 6.07 Å². The van der Waals surface area contributed by atoms with Gasteiger partial charge in [0.15, 0.2) is 0 Å². The fraction of sp³-hybridized carbons (Fsp3) is 0.500. The third-order valence-electron chi connectivity index (χ3n) is 5.27. The Morgan fingerprint density at radius 1 is 1.43 bits per heavy atom. The number of nitro groups is 1. The second-order valence-electron chi connectivity index (χ2n) is 6.53. The number of fused-ring (bicyclic) bond motifs is 1. The highest BCUT2D eigenvalue weighted by Gasteiger charge is 2.40. The van der Waals surface area contributed by atoms with Crippen molar-refractivity contribution in [1.29, 1.82) is 0 Å². The Kier molecular flexibility index (Phi) is 2.63. The molecule has 1 aromatic rings. The van der Waals surface area contributed by atoms with E-state index in [0.29, 0.717) is 17.9 Å². The zero-order chi connectivity index (χ0) is 14.7. The van der Waals surface area contributed by atoms with Crippen LogP contribution in [0.1, 0.15) is 30.4 Å². The van der Waals surface area contributed by atoms with Gasteiger partial charge < -0.3 is 5.32 Å². The Balaban J connectivity index is 1.96. The minimum absolute atomic E-state index is 0.244. The number of benzene rings is 1. The molecule has 3 atom stereocenters. The quantitative estimate of drug-likeness (QED) is 0.636. The molecule has 0 aromatic heterocycles. The van der Waals surface area contributed by atoms with Gasteiger partial charge in [-0.05, 0) is 42.7 Å². The molecule has 110 valence electrons. The van der Waals surface area contributed by atoms with E-state index in [2.05, 4.69) is 30.3 Å². The molecule has 0 radical (unpaired) electrons. The van der Waals surface area contributed by atoms with E-state index < -0.39 is 0 Å². The lowest BCUT2D eigenvalue weighted by molar-refractivity contribution is -0.385. The van der Waals surface area contributed by atoms with Crippen LogP contribution < -0.4 is 5.32 Å². The molecule has 2 aliphatic heterocycles. The number of anilines is 1. The number of nitro benzene ring substituents is 1. The van der Waals surface area contributed by atoms with Crippen LogP contribution in [0.25, 0.3) is 6.08 Å². The van der Waals surface area contributed by atoms with Gasteiger partial charge in [0, 0.05) is 36.8 Å². The summed E-state index contributed by atoms with van der Waals surface area (Å²) in [7, 11) is 2.16. The molecular weight excluding hydrogens is 266 g/mol. The van der Waals surface area contributed by atoms with E-state index in [-0.39, 0.29) is 10.6 Å². The Labute approximate surface area is 123 Å². The summed E-state index contributed by atoms with van der Waals surface area (Å²) in [5, 5.41) is 14.8. The molecule has 21 heavy (non-hydrogen) atoms. The smallest absolute Gasteiger partial charge is 0.277 e. The second kappa shape index (κ2) is 4.31. The molecule has 1 aliphatic carbocycles. The standard InChI is InChI=1S/C16H19N3O2/c1-9-8-18(2)15-5-10-7-17-13-3-4-14(19(20)21)12(16(10)13)6-11(9)15/h3-4,6,9-10,15,17H,5,7-8H2,1-2H3/t9-,10+,15+/m0/s1. The monoisotopic (exact) mass is 285 g/mol. The highest BCUT2D eigenvalue weighted by Crippen LogP contribution is 2.47. The van der Waals surface area contributed by atoms with E-state index in [4.69, 9.17) is 0 Å². The lowest BCUT2D eigenvalue weighted by Gasteiger charge is -2.22. The molecule has 5 nitrogen and oxygen atoms in total. The van der Waals surface area contributed by atoms with Crippen molar-refractivity contribution in [2.75, 3.05) is 25.5 Å². The predicted octanol–water partition coefficient (Wildman–Crippen LogP) is 2.84. The van der Waals surface area contributed by atoms with Gasteiger partial charge in [-0.1, -0.05) is 6.92 Å². The highest BCUT2D eigenvalue weighted by atomic mass is 16.6. The summed E-state index contributed by atoms with van der Waals surface area (Å²) >= 11 is 0. The molecule has 1 N–H and O–H groups in total. The van der Waals surface area contributed by atoms with Gasteiger partial charge in [0.05, 0.1) is 10.5 Å². The molecule has 0 saturated carbocycles. The van der Waals surface area contributed by atoms with Gasteiger partial charge in [0.25, 0.3) is 5.69 Å². The average Bonchev–Trinajstić information content (AvgIpc) is 2.88. The van der Waals surface area contributed by atoms with Crippen LogP contribution in [0.2, 0.25) is 0 Å². The van der Waals surface area contributed by atoms with Crippen LogP contribution >= 0.6 is 0 Å². The molecule has 0 bridgehead atoms. The zero-order valence-corrected chi connectivity index (χ0v) is 12.3. The fourth-order valence-corrected chi connectivity index (χ4v) is 4.30. The van der Waals surface area contributed by atoms with E-state index in [0.717, 1.165) is 36.3 Å². The largest absolute Gasteiger partial charge is 0.384 e. The van der Waals surface area contributed by atoms with Gasteiger partial charge in [-0.2, -0.15) is 0 Å². The first-order valence-corrected chi connectivity index (χ1v) is 7.53. The first kappa shape index (κ1) is 12.8. The molecule has 1 aromatic carbocycles. The molecule has 3 aliphatic rings. The second-order valence-corrected chi connectivity index (χ2v) is 6.53. The van der Waals surface area contributed by atoms with Crippen LogP contribution in [0.3, 0.4) is 0 Å². The average molecular weight is 285 g/mol. The normalized spacial score (nSPS) is 30.2. The number of nitrogens with zero attached hydrogens (tertiary/aromatic N) is 2. The zero-order valence-electron chi connectivity index (χ0n) is 12.3. The summed E-state index contributed by atoms with van der Waals surface area (Å²) in [4.78, 5) is 13.6. The van der Waals surface area contributed by atoms with Crippen molar-refractivity contribution in [2.24, 2.45) is 5.92 Å². The SMILES string of the molecule is C[C@H]1CN(C)[C@@H]2C[C@@H]3CNc4ccc([N+](=O)[O-])c(c43)C=C21. The van der Waals surface area contributed by atoms with Gasteiger partial charge >= 0.3 is 0 Å². The Bertz CT molecular complexity index is 668. The Hall–Kier alpha value is -1.88. The summed E-state index contributed by atoms with van der Waals surface area (Å²) in [6.45, 7) is 4.16. The van der Waals surface area contributed by atoms with Crippen LogP contribution in [0.5, 0.6) is 0 Å². The number of likely N-dealkylation sites (N-methyl/N-ethyl adjacent to an activating group) is 1. The first-order chi connectivity index (χ1) is 10.1. The maximum atomic E-state index is 11.4. The molecule has 4 rings (SSSR count). The third kappa shape index (κ3) is 1.73. The maximum absolute atomic E-state index is 11.4. The lowest BCUT2D eigenvalue weighted by Crippen LogP contribution is -2.27. The third-order valence-corrected chi connectivity index (χ3v) is 5.27. The molecule has 5 heteroatoms. The maximum Gasteiger partial charge on any atom is 0.277 e. The number of rotatable bonds is 1. The van der Waals surface area contributed by atoms with Crippen molar-refractivity contribution in [3.63, 3.8) is 0 Å². The summed E-state index contributed by atoms with van der Waals surface area (Å²) < 4.78 is 0. The van der Waals surface area contributed by atoms with Crippen molar-refractivity contribution in [1.82, 2.24) is 4.90 Å². The van der Waals surface area contributed by atoms with Gasteiger partial charge in [0.1, 0.15) is 0 Å². The highest BCUT2D eigenvalue weighted by molar-refractivity contribution is 5.77. The van der Waals surface area contributed by atoms with Crippen molar-refractivity contribution in [3.05, 3.63) is 38.9 Å². The van der Waals surface area contributed by atoms with Crippen LogP contribution in [0, 0.1) is 16.0 Å².